The fraction of sp³-hybridized carbons (Fsp3) is 0.346. The molecule has 3 aliphatic heterocycles. The molecule has 0 radical (unpaired) electrons. The molecule has 2 unspecified atom stereocenters. The molecule has 0 aliphatic carbocycles. The third kappa shape index (κ3) is 4.63. The number of piperidine rings is 1. The van der Waals surface area contributed by atoms with E-state index in [1.54, 1.807) is 6.20 Å². The summed E-state index contributed by atoms with van der Waals surface area (Å²) in [6.07, 6.45) is 5.52. The number of nitrogens with zero attached hydrogens (tertiary/aromatic N) is 7. The summed E-state index contributed by atoms with van der Waals surface area (Å²) < 4.78 is 0. The minimum atomic E-state index is 0.529. The minimum Gasteiger partial charge on any atom is -0.353 e. The lowest BCUT2D eigenvalue weighted by Crippen LogP contribution is -2.68. The molecule has 0 saturated carbocycles. The van der Waals surface area contributed by atoms with Gasteiger partial charge in [0.25, 0.3) is 0 Å². The number of hydrogen-bond acceptors (Lipinski definition) is 7. The number of pyridine rings is 2. The van der Waals surface area contributed by atoms with Crippen LogP contribution in [0.15, 0.2) is 48.8 Å². The fourth-order valence-corrected chi connectivity index (χ4v) is 5.24. The zero-order valence-electron chi connectivity index (χ0n) is 19.8. The van der Waals surface area contributed by atoms with Crippen molar-refractivity contribution in [1.29, 1.82) is 0 Å². The van der Waals surface area contributed by atoms with Crippen LogP contribution in [0.4, 0.5) is 5.82 Å². The van der Waals surface area contributed by atoms with E-state index >= 15 is 0 Å². The predicted molar refractivity (Wildman–Crippen MR) is 135 cm³/mol. The van der Waals surface area contributed by atoms with E-state index < -0.39 is 0 Å². The summed E-state index contributed by atoms with van der Waals surface area (Å²) in [7, 11) is 0. The van der Waals surface area contributed by atoms with Gasteiger partial charge in [0, 0.05) is 67.5 Å². The second-order valence-electron chi connectivity index (χ2n) is 9.54. The quantitative estimate of drug-likeness (QED) is 0.441. The van der Waals surface area contributed by atoms with E-state index in [2.05, 4.69) is 42.1 Å². The molecule has 178 valence electrons. The lowest BCUT2D eigenvalue weighted by molar-refractivity contribution is -0.00967. The van der Waals surface area contributed by atoms with Crippen LogP contribution in [0.1, 0.15) is 34.9 Å². The lowest BCUT2D eigenvalue weighted by Gasteiger charge is -2.56. The van der Waals surface area contributed by atoms with Crippen molar-refractivity contribution >= 4 is 17.4 Å². The van der Waals surface area contributed by atoms with Gasteiger partial charge in [-0.3, -0.25) is 15.0 Å². The number of halogens is 1. The molecule has 8 nitrogen and oxygen atoms in total. The molecular weight excluding hydrogens is 460 g/mol. The summed E-state index contributed by atoms with van der Waals surface area (Å²) in [6, 6.07) is 13.2. The van der Waals surface area contributed by atoms with Gasteiger partial charge in [0.1, 0.15) is 5.82 Å². The number of aryl methyl sites for hydroxylation is 2. The highest BCUT2D eigenvalue weighted by Crippen LogP contribution is 2.35. The average Bonchev–Trinajstić information content (AvgIpc) is 3.27. The Morgan fingerprint density at radius 3 is 2.49 bits per heavy atom. The van der Waals surface area contributed by atoms with Crippen molar-refractivity contribution in [3.8, 4) is 11.4 Å². The number of aromatic nitrogens is 6. The first-order chi connectivity index (χ1) is 17.0. The number of anilines is 1. The topological polar surface area (TPSA) is 86.7 Å². The van der Waals surface area contributed by atoms with E-state index in [0.717, 1.165) is 59.5 Å². The van der Waals surface area contributed by atoms with Crippen LogP contribution in [-0.2, 0) is 13.0 Å². The van der Waals surface area contributed by atoms with Gasteiger partial charge in [-0.05, 0) is 56.7 Å². The maximum atomic E-state index is 5.98. The summed E-state index contributed by atoms with van der Waals surface area (Å²) in [6.45, 7) is 6.82. The van der Waals surface area contributed by atoms with Crippen molar-refractivity contribution in [2.75, 3.05) is 18.0 Å². The van der Waals surface area contributed by atoms with Crippen molar-refractivity contribution in [2.45, 2.75) is 45.3 Å². The second-order valence-corrected chi connectivity index (χ2v) is 9.97. The van der Waals surface area contributed by atoms with Crippen molar-refractivity contribution < 1.29 is 0 Å². The zero-order valence-corrected chi connectivity index (χ0v) is 20.6. The molecule has 35 heavy (non-hydrogen) atoms. The molecule has 4 aromatic rings. The van der Waals surface area contributed by atoms with E-state index in [0.29, 0.717) is 29.4 Å². The summed E-state index contributed by atoms with van der Waals surface area (Å²) >= 11 is 5.98. The van der Waals surface area contributed by atoms with E-state index in [4.69, 9.17) is 21.6 Å². The number of piperazine rings is 1. The van der Waals surface area contributed by atoms with Gasteiger partial charge >= 0.3 is 0 Å². The Morgan fingerprint density at radius 2 is 1.80 bits per heavy atom. The third-order valence-corrected chi connectivity index (χ3v) is 7.06. The van der Waals surface area contributed by atoms with Crippen LogP contribution < -0.4 is 4.90 Å². The molecule has 2 bridgehead atoms. The van der Waals surface area contributed by atoms with Crippen LogP contribution >= 0.6 is 11.6 Å². The van der Waals surface area contributed by atoms with Crippen LogP contribution in [0, 0.1) is 13.8 Å². The Morgan fingerprint density at radius 1 is 0.943 bits per heavy atom. The first kappa shape index (κ1) is 22.1. The Hall–Kier alpha value is -3.36. The zero-order chi connectivity index (χ0) is 23.9. The first-order valence-corrected chi connectivity index (χ1v) is 12.3. The van der Waals surface area contributed by atoms with Gasteiger partial charge < -0.3 is 4.90 Å². The smallest absolute Gasteiger partial charge is 0.161 e. The molecule has 2 atom stereocenters. The molecule has 1 N–H and O–H groups in total. The Bertz CT molecular complexity index is 1320. The van der Waals surface area contributed by atoms with E-state index in [1.807, 2.05) is 44.3 Å². The number of rotatable bonds is 6. The number of nitrogens with one attached hydrogen (secondary N) is 1. The highest BCUT2D eigenvalue weighted by atomic mass is 35.5. The van der Waals surface area contributed by atoms with Gasteiger partial charge in [-0.25, -0.2) is 15.0 Å². The normalized spacial score (nSPS) is 19.6. The molecule has 7 rings (SSSR count). The standard InChI is InChI=1S/C26H27ClN8/c1-16-7-21(9-22-8-17(2)32-33-22)31-26(30-16)18-3-6-25(29-11-18)34-14-23-10-24(15-34)35(23)13-20-5-4-19(27)12-28-20/h3-8,11-12,23-24H,9-10,13-15H2,1-2H3,(H,32,33). The number of aromatic amines is 1. The van der Waals surface area contributed by atoms with Crippen LogP contribution in [0.5, 0.6) is 0 Å². The van der Waals surface area contributed by atoms with E-state index in [1.165, 1.54) is 6.42 Å². The number of fused-ring (bicyclic) bond motifs is 2. The number of H-pyrrole nitrogens is 1. The molecule has 3 aliphatic rings. The summed E-state index contributed by atoms with van der Waals surface area (Å²) in [4.78, 5) is 23.6. The van der Waals surface area contributed by atoms with Crippen LogP contribution in [-0.4, -0.2) is 60.2 Å². The molecule has 0 spiro atoms. The molecule has 3 saturated heterocycles. The Balaban J connectivity index is 1.13. The molecule has 0 amide bonds. The average molecular weight is 487 g/mol. The Labute approximate surface area is 209 Å². The van der Waals surface area contributed by atoms with Gasteiger partial charge in [-0.1, -0.05) is 11.6 Å². The van der Waals surface area contributed by atoms with Gasteiger partial charge in [-0.2, -0.15) is 5.10 Å². The highest BCUT2D eigenvalue weighted by Gasteiger charge is 2.44. The monoisotopic (exact) mass is 486 g/mol. The van der Waals surface area contributed by atoms with Crippen LogP contribution in [0.25, 0.3) is 11.4 Å². The first-order valence-electron chi connectivity index (χ1n) is 11.9. The second kappa shape index (κ2) is 9.02. The van der Waals surface area contributed by atoms with E-state index in [9.17, 15) is 0 Å². The van der Waals surface area contributed by atoms with Crippen molar-refractivity contribution in [3.63, 3.8) is 0 Å². The molecule has 7 heterocycles. The Kier molecular flexibility index (Phi) is 5.70. The maximum absolute atomic E-state index is 5.98. The predicted octanol–water partition coefficient (Wildman–Crippen LogP) is 3.98. The van der Waals surface area contributed by atoms with Gasteiger partial charge in [-0.15, -0.1) is 0 Å². The minimum absolute atomic E-state index is 0.529. The molecule has 0 aromatic carbocycles. The third-order valence-electron chi connectivity index (χ3n) is 6.84. The summed E-state index contributed by atoms with van der Waals surface area (Å²) in [5, 5.41) is 8.00. The molecule has 3 fully saturated rings. The van der Waals surface area contributed by atoms with Crippen LogP contribution in [0.2, 0.25) is 5.02 Å². The summed E-state index contributed by atoms with van der Waals surface area (Å²) in [5.74, 6) is 1.71. The summed E-state index contributed by atoms with van der Waals surface area (Å²) in [5.41, 5.74) is 5.91. The number of hydrogen-bond donors (Lipinski definition) is 1. The molecule has 9 heteroatoms. The van der Waals surface area contributed by atoms with Crippen molar-refractivity contribution in [3.05, 3.63) is 82.3 Å². The van der Waals surface area contributed by atoms with Crippen LogP contribution in [0.3, 0.4) is 0 Å². The van der Waals surface area contributed by atoms with Crippen molar-refractivity contribution in [2.24, 2.45) is 0 Å². The molecular formula is C26H27ClN8. The van der Waals surface area contributed by atoms with E-state index in [-0.39, 0.29) is 0 Å². The molecule has 4 aromatic heterocycles. The van der Waals surface area contributed by atoms with Crippen molar-refractivity contribution in [1.82, 2.24) is 35.0 Å². The highest BCUT2D eigenvalue weighted by molar-refractivity contribution is 6.30. The maximum Gasteiger partial charge on any atom is 0.161 e. The largest absolute Gasteiger partial charge is 0.353 e. The van der Waals surface area contributed by atoms with Gasteiger partial charge in [0.05, 0.1) is 22.1 Å². The SMILES string of the molecule is Cc1cc(Cc2cc(C)[nH]n2)nc(-c2ccc(N3CC4CC(C3)N4Cc3ccc(Cl)cn3)nc2)n1. The van der Waals surface area contributed by atoms with Gasteiger partial charge in [0.2, 0.25) is 0 Å². The van der Waals surface area contributed by atoms with Gasteiger partial charge in [0.15, 0.2) is 5.82 Å². The lowest BCUT2D eigenvalue weighted by atomic mass is 9.87. The fourth-order valence-electron chi connectivity index (χ4n) is 5.13.